The van der Waals surface area contributed by atoms with Crippen molar-refractivity contribution in [2.24, 2.45) is 0 Å². The molecule has 2 heterocycles. The van der Waals surface area contributed by atoms with E-state index in [1.165, 1.54) is 0 Å². The molecule has 6 heteroatoms. The zero-order valence-corrected chi connectivity index (χ0v) is 12.5. The Hall–Kier alpha value is -1.40. The second-order valence-electron chi connectivity index (χ2n) is 5.52. The highest BCUT2D eigenvalue weighted by Crippen LogP contribution is 2.09. The molecule has 1 fully saturated rings. The number of nitrogens with zero attached hydrogens (tertiary/aromatic N) is 3. The lowest BCUT2D eigenvalue weighted by atomic mass is 10.3. The topological polar surface area (TPSA) is 58.8 Å². The van der Waals surface area contributed by atoms with E-state index >= 15 is 0 Å². The maximum absolute atomic E-state index is 11.6. The van der Waals surface area contributed by atoms with Gasteiger partial charge in [-0.2, -0.15) is 0 Å². The van der Waals surface area contributed by atoms with Gasteiger partial charge in [0.1, 0.15) is 5.76 Å². The molecule has 0 bridgehead atoms. The average molecular weight is 281 g/mol. The molecule has 0 aromatic carbocycles. The third-order valence-corrected chi connectivity index (χ3v) is 3.25. The van der Waals surface area contributed by atoms with E-state index in [2.05, 4.69) is 15.0 Å². The van der Waals surface area contributed by atoms with Gasteiger partial charge in [0.15, 0.2) is 0 Å². The van der Waals surface area contributed by atoms with Crippen molar-refractivity contribution in [1.82, 2.24) is 15.0 Å². The summed E-state index contributed by atoms with van der Waals surface area (Å²) in [5, 5.41) is 4.01. The van der Waals surface area contributed by atoms with Crippen LogP contribution in [0.5, 0.6) is 0 Å². The van der Waals surface area contributed by atoms with Crippen molar-refractivity contribution in [3.05, 3.63) is 17.5 Å². The van der Waals surface area contributed by atoms with Gasteiger partial charge in [0.05, 0.1) is 18.3 Å². The molecule has 112 valence electrons. The second kappa shape index (κ2) is 6.85. The van der Waals surface area contributed by atoms with Crippen molar-refractivity contribution in [2.45, 2.75) is 33.4 Å². The smallest absolute Gasteiger partial charge is 0.320 e. The van der Waals surface area contributed by atoms with E-state index in [0.717, 1.165) is 44.2 Å². The number of ether oxygens (including phenoxy) is 1. The molecule has 20 heavy (non-hydrogen) atoms. The molecule has 0 radical (unpaired) electrons. The lowest BCUT2D eigenvalue weighted by Gasteiger charge is -2.33. The summed E-state index contributed by atoms with van der Waals surface area (Å²) in [6.45, 7) is 10.5. The van der Waals surface area contributed by atoms with Gasteiger partial charge in [0.25, 0.3) is 0 Å². The highest BCUT2D eigenvalue weighted by molar-refractivity contribution is 5.71. The average Bonchev–Trinajstić information content (AvgIpc) is 2.76. The minimum absolute atomic E-state index is 0.0424. The zero-order chi connectivity index (χ0) is 14.5. The highest BCUT2D eigenvalue weighted by atomic mass is 16.5. The van der Waals surface area contributed by atoms with Gasteiger partial charge >= 0.3 is 5.97 Å². The monoisotopic (exact) mass is 281 g/mol. The van der Waals surface area contributed by atoms with Crippen LogP contribution in [0.15, 0.2) is 10.6 Å². The Morgan fingerprint density at radius 1 is 1.35 bits per heavy atom. The van der Waals surface area contributed by atoms with Gasteiger partial charge in [0, 0.05) is 38.8 Å². The molecule has 0 spiro atoms. The SMILES string of the molecule is Cc1cc(CN2CCN(CC(=O)OC(C)C)CC2)no1. The molecule has 2 rings (SSSR count). The first-order chi connectivity index (χ1) is 9.52. The summed E-state index contributed by atoms with van der Waals surface area (Å²) in [4.78, 5) is 16.1. The largest absolute Gasteiger partial charge is 0.462 e. The minimum atomic E-state index is -0.138. The maximum Gasteiger partial charge on any atom is 0.320 e. The van der Waals surface area contributed by atoms with Crippen molar-refractivity contribution in [2.75, 3.05) is 32.7 Å². The lowest BCUT2D eigenvalue weighted by molar-refractivity contribution is -0.149. The van der Waals surface area contributed by atoms with Crippen molar-refractivity contribution in [1.29, 1.82) is 0 Å². The number of hydrogen-bond donors (Lipinski definition) is 0. The Morgan fingerprint density at radius 3 is 2.55 bits per heavy atom. The number of hydrogen-bond acceptors (Lipinski definition) is 6. The third-order valence-electron chi connectivity index (χ3n) is 3.25. The Kier molecular flexibility index (Phi) is 5.14. The summed E-state index contributed by atoms with van der Waals surface area (Å²) in [6, 6.07) is 1.96. The molecule has 1 aliphatic rings. The highest BCUT2D eigenvalue weighted by Gasteiger charge is 2.20. The first kappa shape index (κ1) is 15.0. The summed E-state index contributed by atoms with van der Waals surface area (Å²) in [5.41, 5.74) is 0.968. The Labute approximate surface area is 119 Å². The van der Waals surface area contributed by atoms with Crippen LogP contribution in [0, 0.1) is 6.92 Å². The van der Waals surface area contributed by atoms with E-state index in [4.69, 9.17) is 9.26 Å². The summed E-state index contributed by atoms with van der Waals surface area (Å²) < 4.78 is 10.2. The predicted octanol–water partition coefficient (Wildman–Crippen LogP) is 1.05. The number of piperazine rings is 1. The summed E-state index contributed by atoms with van der Waals surface area (Å²) in [6.07, 6.45) is -0.0424. The molecule has 0 N–H and O–H groups in total. The third kappa shape index (κ3) is 4.61. The number of carbonyl (C=O) groups excluding carboxylic acids is 1. The normalized spacial score (nSPS) is 17.6. The van der Waals surface area contributed by atoms with Crippen molar-refractivity contribution >= 4 is 5.97 Å². The molecule has 0 saturated carbocycles. The van der Waals surface area contributed by atoms with Gasteiger partial charge in [-0.05, 0) is 20.8 Å². The molecule has 1 aromatic rings. The van der Waals surface area contributed by atoms with Crippen LogP contribution < -0.4 is 0 Å². The number of carbonyl (C=O) groups is 1. The second-order valence-corrected chi connectivity index (χ2v) is 5.52. The fraction of sp³-hybridized carbons (Fsp3) is 0.714. The first-order valence-corrected chi connectivity index (χ1v) is 7.09. The van der Waals surface area contributed by atoms with Gasteiger partial charge in [-0.3, -0.25) is 14.6 Å². The number of esters is 1. The molecule has 6 nitrogen and oxygen atoms in total. The van der Waals surface area contributed by atoms with E-state index < -0.39 is 0 Å². The lowest BCUT2D eigenvalue weighted by Crippen LogP contribution is -2.47. The van der Waals surface area contributed by atoms with Crippen LogP contribution in [0.4, 0.5) is 0 Å². The van der Waals surface area contributed by atoms with Gasteiger partial charge < -0.3 is 9.26 Å². The Bertz CT molecular complexity index is 437. The number of aromatic nitrogens is 1. The van der Waals surface area contributed by atoms with Crippen LogP contribution in [0.3, 0.4) is 0 Å². The number of aryl methyl sites for hydroxylation is 1. The fourth-order valence-corrected chi connectivity index (χ4v) is 2.31. The molecule has 1 aliphatic heterocycles. The van der Waals surface area contributed by atoms with Crippen molar-refractivity contribution in [3.63, 3.8) is 0 Å². The van der Waals surface area contributed by atoms with Crippen molar-refractivity contribution in [3.8, 4) is 0 Å². The van der Waals surface area contributed by atoms with E-state index in [1.807, 2.05) is 26.8 Å². The molecule has 1 saturated heterocycles. The molecule has 1 aromatic heterocycles. The van der Waals surface area contributed by atoms with Crippen LogP contribution in [0.2, 0.25) is 0 Å². The molecule has 0 atom stereocenters. The summed E-state index contributed by atoms with van der Waals surface area (Å²) in [5.74, 6) is 0.704. The summed E-state index contributed by atoms with van der Waals surface area (Å²) in [7, 11) is 0. The van der Waals surface area contributed by atoms with Gasteiger partial charge in [-0.1, -0.05) is 5.16 Å². The van der Waals surface area contributed by atoms with Gasteiger partial charge in [-0.25, -0.2) is 0 Å². The van der Waals surface area contributed by atoms with Crippen LogP contribution >= 0.6 is 0 Å². The van der Waals surface area contributed by atoms with Crippen molar-refractivity contribution < 1.29 is 14.1 Å². The van der Waals surface area contributed by atoms with Crippen LogP contribution in [-0.4, -0.2) is 59.8 Å². The van der Waals surface area contributed by atoms with E-state index in [1.54, 1.807) is 0 Å². The van der Waals surface area contributed by atoms with E-state index in [-0.39, 0.29) is 12.1 Å². The van der Waals surface area contributed by atoms with Gasteiger partial charge in [0.2, 0.25) is 0 Å². The molecule has 0 unspecified atom stereocenters. The predicted molar refractivity (Wildman–Crippen MR) is 74.2 cm³/mol. The molecular formula is C14H23N3O3. The molecule has 0 amide bonds. The Morgan fingerprint density at radius 2 is 2.00 bits per heavy atom. The van der Waals surface area contributed by atoms with Gasteiger partial charge in [-0.15, -0.1) is 0 Å². The minimum Gasteiger partial charge on any atom is -0.462 e. The first-order valence-electron chi connectivity index (χ1n) is 7.09. The fourth-order valence-electron chi connectivity index (χ4n) is 2.31. The number of rotatable bonds is 5. The Balaban J connectivity index is 1.71. The van der Waals surface area contributed by atoms with E-state index in [0.29, 0.717) is 6.54 Å². The quantitative estimate of drug-likeness (QED) is 0.752. The molecule has 0 aliphatic carbocycles. The zero-order valence-electron chi connectivity index (χ0n) is 12.5. The van der Waals surface area contributed by atoms with Crippen LogP contribution in [0.25, 0.3) is 0 Å². The molecular weight excluding hydrogens is 258 g/mol. The van der Waals surface area contributed by atoms with Crippen LogP contribution in [-0.2, 0) is 16.1 Å². The summed E-state index contributed by atoms with van der Waals surface area (Å²) >= 11 is 0. The standard InChI is InChI=1S/C14H23N3O3/c1-11(2)19-14(18)10-17-6-4-16(5-7-17)9-13-8-12(3)20-15-13/h8,11H,4-7,9-10H2,1-3H3. The maximum atomic E-state index is 11.6. The van der Waals surface area contributed by atoms with Crippen LogP contribution in [0.1, 0.15) is 25.3 Å². The van der Waals surface area contributed by atoms with E-state index in [9.17, 15) is 4.79 Å².